The maximum atomic E-state index is 11.8. The maximum Gasteiger partial charge on any atom is 0.236 e. The van der Waals surface area contributed by atoms with Crippen LogP contribution in [0.25, 0.3) is 0 Å². The molecule has 4 nitrogen and oxygen atoms in total. The van der Waals surface area contributed by atoms with E-state index in [1.807, 2.05) is 30.3 Å². The van der Waals surface area contributed by atoms with Gasteiger partial charge in [0.05, 0.1) is 19.4 Å². The molecule has 1 heterocycles. The van der Waals surface area contributed by atoms with Gasteiger partial charge >= 0.3 is 0 Å². The molecule has 0 spiro atoms. The third-order valence-electron chi connectivity index (χ3n) is 2.97. The topological polar surface area (TPSA) is 59.5 Å². The van der Waals surface area contributed by atoms with Gasteiger partial charge in [-0.3, -0.25) is 4.79 Å². The molecular weight excluding hydrogens is 240 g/mol. The number of rotatable bonds is 6. The second kappa shape index (κ2) is 6.75. The van der Waals surface area contributed by atoms with Crippen LogP contribution in [0.3, 0.4) is 0 Å². The van der Waals surface area contributed by atoms with Crippen LogP contribution in [0.2, 0.25) is 0 Å². The molecule has 1 aromatic carbocycles. The van der Waals surface area contributed by atoms with E-state index in [4.69, 9.17) is 10.2 Å². The summed E-state index contributed by atoms with van der Waals surface area (Å²) in [5.74, 6) is 0.710. The van der Waals surface area contributed by atoms with E-state index < -0.39 is 0 Å². The van der Waals surface area contributed by atoms with E-state index >= 15 is 0 Å². The van der Waals surface area contributed by atoms with Crippen LogP contribution in [0, 0.1) is 0 Å². The first-order chi connectivity index (χ1) is 9.29. The van der Waals surface area contributed by atoms with Gasteiger partial charge in [0.15, 0.2) is 0 Å². The van der Waals surface area contributed by atoms with E-state index in [-0.39, 0.29) is 12.5 Å². The predicted octanol–water partition coefficient (Wildman–Crippen LogP) is 1.81. The van der Waals surface area contributed by atoms with Crippen LogP contribution in [0.1, 0.15) is 11.3 Å². The van der Waals surface area contributed by atoms with Gasteiger partial charge < -0.3 is 15.1 Å². The lowest BCUT2D eigenvalue weighted by atomic mass is 10.1. The lowest BCUT2D eigenvalue weighted by molar-refractivity contribution is -0.130. The number of furan rings is 1. The molecule has 0 radical (unpaired) electrons. The molecule has 1 amide bonds. The number of carbonyl (C=O) groups excluding carboxylic acids is 1. The number of benzene rings is 1. The summed E-state index contributed by atoms with van der Waals surface area (Å²) in [5, 5.41) is 0. The molecule has 0 saturated heterocycles. The van der Waals surface area contributed by atoms with Crippen LogP contribution in [-0.2, 0) is 17.8 Å². The van der Waals surface area contributed by atoms with Gasteiger partial charge in [0, 0.05) is 6.54 Å². The Morgan fingerprint density at radius 1 is 1.16 bits per heavy atom. The van der Waals surface area contributed by atoms with Gasteiger partial charge in [0.2, 0.25) is 5.91 Å². The Balaban J connectivity index is 1.96. The summed E-state index contributed by atoms with van der Waals surface area (Å²) >= 11 is 0. The van der Waals surface area contributed by atoms with E-state index in [1.54, 1.807) is 11.2 Å². The number of nitrogens with two attached hydrogens (primary N) is 1. The highest BCUT2D eigenvalue weighted by molar-refractivity contribution is 5.77. The molecule has 0 aliphatic heterocycles. The summed E-state index contributed by atoms with van der Waals surface area (Å²) in [4.78, 5) is 13.5. The van der Waals surface area contributed by atoms with Crippen LogP contribution < -0.4 is 5.73 Å². The Morgan fingerprint density at radius 3 is 2.58 bits per heavy atom. The summed E-state index contributed by atoms with van der Waals surface area (Å²) in [6, 6.07) is 13.8. The minimum Gasteiger partial charge on any atom is -0.467 e. The molecule has 0 fully saturated rings. The molecule has 2 rings (SSSR count). The Morgan fingerprint density at radius 2 is 1.95 bits per heavy atom. The van der Waals surface area contributed by atoms with Gasteiger partial charge in [0.1, 0.15) is 5.76 Å². The Labute approximate surface area is 112 Å². The minimum atomic E-state index is -0.0627. The minimum absolute atomic E-state index is 0.0233. The Hall–Kier alpha value is -2.07. The number of carbonyl (C=O) groups is 1. The van der Waals surface area contributed by atoms with Crippen LogP contribution in [0.4, 0.5) is 0 Å². The first-order valence-corrected chi connectivity index (χ1v) is 6.33. The molecule has 100 valence electrons. The average Bonchev–Trinajstić information content (AvgIpc) is 2.96. The van der Waals surface area contributed by atoms with Gasteiger partial charge in [-0.15, -0.1) is 0 Å². The fourth-order valence-electron chi connectivity index (χ4n) is 1.92. The van der Waals surface area contributed by atoms with Crippen molar-refractivity contribution >= 4 is 5.91 Å². The van der Waals surface area contributed by atoms with Crippen molar-refractivity contribution in [1.82, 2.24) is 4.90 Å². The third kappa shape index (κ3) is 3.96. The smallest absolute Gasteiger partial charge is 0.236 e. The molecule has 0 saturated carbocycles. The second-order valence-corrected chi connectivity index (χ2v) is 4.33. The first kappa shape index (κ1) is 13.4. The van der Waals surface area contributed by atoms with Crippen molar-refractivity contribution in [3.05, 3.63) is 60.1 Å². The largest absolute Gasteiger partial charge is 0.467 e. The molecule has 0 unspecified atom stereocenters. The lowest BCUT2D eigenvalue weighted by Crippen LogP contribution is -2.36. The SMILES string of the molecule is NCC(=O)N(CCc1ccccc1)Cc1ccco1. The Bertz CT molecular complexity index is 494. The third-order valence-corrected chi connectivity index (χ3v) is 2.97. The van der Waals surface area contributed by atoms with Crippen molar-refractivity contribution in [2.75, 3.05) is 13.1 Å². The zero-order valence-corrected chi connectivity index (χ0v) is 10.8. The summed E-state index contributed by atoms with van der Waals surface area (Å²) in [5.41, 5.74) is 6.65. The van der Waals surface area contributed by atoms with E-state index in [2.05, 4.69) is 12.1 Å². The van der Waals surface area contributed by atoms with E-state index in [1.165, 1.54) is 5.56 Å². The van der Waals surface area contributed by atoms with Crippen molar-refractivity contribution < 1.29 is 9.21 Å². The maximum absolute atomic E-state index is 11.8. The van der Waals surface area contributed by atoms with Crippen molar-refractivity contribution in [3.8, 4) is 0 Å². The van der Waals surface area contributed by atoms with E-state index in [0.717, 1.165) is 12.2 Å². The van der Waals surface area contributed by atoms with Crippen molar-refractivity contribution in [3.63, 3.8) is 0 Å². The zero-order chi connectivity index (χ0) is 13.5. The van der Waals surface area contributed by atoms with Gasteiger partial charge in [-0.2, -0.15) is 0 Å². The predicted molar refractivity (Wildman–Crippen MR) is 73.3 cm³/mol. The van der Waals surface area contributed by atoms with Gasteiger partial charge in [-0.1, -0.05) is 30.3 Å². The number of nitrogens with zero attached hydrogens (tertiary/aromatic N) is 1. The highest BCUT2D eigenvalue weighted by Crippen LogP contribution is 2.08. The quantitative estimate of drug-likeness (QED) is 0.859. The molecule has 0 bridgehead atoms. The highest BCUT2D eigenvalue weighted by Gasteiger charge is 2.13. The lowest BCUT2D eigenvalue weighted by Gasteiger charge is -2.21. The highest BCUT2D eigenvalue weighted by atomic mass is 16.3. The summed E-state index contributed by atoms with van der Waals surface area (Å²) in [6.45, 7) is 1.13. The summed E-state index contributed by atoms with van der Waals surface area (Å²) < 4.78 is 5.28. The van der Waals surface area contributed by atoms with Crippen LogP contribution in [-0.4, -0.2) is 23.9 Å². The van der Waals surface area contributed by atoms with Gasteiger partial charge in [-0.25, -0.2) is 0 Å². The standard InChI is InChI=1S/C15H18N2O2/c16-11-15(18)17(12-14-7-4-10-19-14)9-8-13-5-2-1-3-6-13/h1-7,10H,8-9,11-12,16H2. The molecule has 0 aliphatic rings. The monoisotopic (exact) mass is 258 g/mol. The fraction of sp³-hybridized carbons (Fsp3) is 0.267. The van der Waals surface area contributed by atoms with Crippen LogP contribution in [0.5, 0.6) is 0 Å². The normalized spacial score (nSPS) is 10.4. The number of hydrogen-bond donors (Lipinski definition) is 1. The molecule has 2 N–H and O–H groups in total. The van der Waals surface area contributed by atoms with E-state index in [0.29, 0.717) is 13.1 Å². The summed E-state index contributed by atoms with van der Waals surface area (Å²) in [7, 11) is 0. The first-order valence-electron chi connectivity index (χ1n) is 6.33. The molecule has 2 aromatic rings. The molecular formula is C15H18N2O2. The molecule has 4 heteroatoms. The van der Waals surface area contributed by atoms with Crippen molar-refractivity contribution in [2.24, 2.45) is 5.73 Å². The van der Waals surface area contributed by atoms with Gasteiger partial charge in [0.25, 0.3) is 0 Å². The zero-order valence-electron chi connectivity index (χ0n) is 10.8. The fourth-order valence-corrected chi connectivity index (χ4v) is 1.92. The molecule has 1 aromatic heterocycles. The molecule has 19 heavy (non-hydrogen) atoms. The number of amides is 1. The van der Waals surface area contributed by atoms with Crippen LogP contribution in [0.15, 0.2) is 53.1 Å². The molecule has 0 aliphatic carbocycles. The van der Waals surface area contributed by atoms with E-state index in [9.17, 15) is 4.79 Å². The van der Waals surface area contributed by atoms with Crippen molar-refractivity contribution in [1.29, 1.82) is 0 Å². The second-order valence-electron chi connectivity index (χ2n) is 4.33. The Kier molecular flexibility index (Phi) is 4.75. The average molecular weight is 258 g/mol. The van der Waals surface area contributed by atoms with Crippen molar-refractivity contribution in [2.45, 2.75) is 13.0 Å². The van der Waals surface area contributed by atoms with Crippen LogP contribution >= 0.6 is 0 Å². The molecule has 0 atom stereocenters. The summed E-state index contributed by atoms with van der Waals surface area (Å²) in [6.07, 6.45) is 2.42. The van der Waals surface area contributed by atoms with Gasteiger partial charge in [-0.05, 0) is 24.1 Å². The number of hydrogen-bond acceptors (Lipinski definition) is 3.